The summed E-state index contributed by atoms with van der Waals surface area (Å²) in [5.74, 6) is 0.455. The van der Waals surface area contributed by atoms with Crippen molar-refractivity contribution in [1.82, 2.24) is 10.2 Å². The molecule has 0 fully saturated rings. The van der Waals surface area contributed by atoms with Crippen molar-refractivity contribution in [2.75, 3.05) is 6.61 Å². The summed E-state index contributed by atoms with van der Waals surface area (Å²) in [6.07, 6.45) is 0.836. The van der Waals surface area contributed by atoms with Crippen LogP contribution >= 0.6 is 27.5 Å². The molecule has 0 bridgehead atoms. The standard InChI is InChI=1S/C24H30BrClN2O3/c1-17(23(30)27-24(2,3)4)28(16-18-7-9-19(25)10-8-18)22(29)6-5-15-31-21-13-11-20(26)12-14-21/h7-14,17H,5-6,15-16H2,1-4H3,(H,27,30)/t17-/m1/s1. The van der Waals surface area contributed by atoms with Gasteiger partial charge in [0.1, 0.15) is 11.8 Å². The van der Waals surface area contributed by atoms with Gasteiger partial charge in [-0.1, -0.05) is 39.7 Å². The van der Waals surface area contributed by atoms with Crippen molar-refractivity contribution in [3.05, 3.63) is 63.6 Å². The topological polar surface area (TPSA) is 58.6 Å². The first-order valence-electron chi connectivity index (χ1n) is 10.3. The molecule has 1 N–H and O–H groups in total. The largest absolute Gasteiger partial charge is 0.494 e. The van der Waals surface area contributed by atoms with Crippen LogP contribution in [0.1, 0.15) is 46.1 Å². The average Bonchev–Trinajstić information content (AvgIpc) is 2.70. The molecule has 31 heavy (non-hydrogen) atoms. The van der Waals surface area contributed by atoms with E-state index in [1.807, 2.05) is 45.0 Å². The second-order valence-electron chi connectivity index (χ2n) is 8.47. The number of amides is 2. The van der Waals surface area contributed by atoms with Gasteiger partial charge in [-0.3, -0.25) is 9.59 Å². The first kappa shape index (κ1) is 25.2. The maximum absolute atomic E-state index is 13.0. The fraction of sp³-hybridized carbons (Fsp3) is 0.417. The van der Waals surface area contributed by atoms with Gasteiger partial charge in [-0.05, 0) is 76.1 Å². The Morgan fingerprint density at radius 3 is 2.29 bits per heavy atom. The third kappa shape index (κ3) is 8.91. The van der Waals surface area contributed by atoms with Gasteiger partial charge < -0.3 is 15.0 Å². The van der Waals surface area contributed by atoms with Gasteiger partial charge in [-0.2, -0.15) is 0 Å². The van der Waals surface area contributed by atoms with Gasteiger partial charge in [-0.25, -0.2) is 0 Å². The van der Waals surface area contributed by atoms with E-state index >= 15 is 0 Å². The number of rotatable bonds is 9. The van der Waals surface area contributed by atoms with Gasteiger partial charge in [-0.15, -0.1) is 0 Å². The van der Waals surface area contributed by atoms with Gasteiger partial charge in [0.2, 0.25) is 11.8 Å². The Bertz CT molecular complexity index is 864. The van der Waals surface area contributed by atoms with E-state index in [1.165, 1.54) is 0 Å². The number of carbonyl (C=O) groups excluding carboxylic acids is 2. The zero-order valence-electron chi connectivity index (χ0n) is 18.5. The molecule has 0 unspecified atom stereocenters. The zero-order valence-corrected chi connectivity index (χ0v) is 20.8. The van der Waals surface area contributed by atoms with E-state index < -0.39 is 6.04 Å². The molecule has 1 atom stereocenters. The SMILES string of the molecule is C[C@H](C(=O)NC(C)(C)C)N(Cc1ccc(Br)cc1)C(=O)CCCOc1ccc(Cl)cc1. The summed E-state index contributed by atoms with van der Waals surface area (Å²) in [7, 11) is 0. The lowest BCUT2D eigenvalue weighted by Gasteiger charge is -2.31. The van der Waals surface area contributed by atoms with Crippen molar-refractivity contribution < 1.29 is 14.3 Å². The van der Waals surface area contributed by atoms with Crippen LogP contribution in [0.4, 0.5) is 0 Å². The fourth-order valence-corrected chi connectivity index (χ4v) is 3.32. The summed E-state index contributed by atoms with van der Waals surface area (Å²) in [4.78, 5) is 27.4. The quantitative estimate of drug-likeness (QED) is 0.448. The van der Waals surface area contributed by atoms with Crippen molar-refractivity contribution in [2.45, 2.75) is 58.7 Å². The highest BCUT2D eigenvalue weighted by Gasteiger charge is 2.28. The molecule has 0 spiro atoms. The number of ether oxygens (including phenoxy) is 1. The molecule has 2 aromatic carbocycles. The van der Waals surface area contributed by atoms with Crippen molar-refractivity contribution >= 4 is 39.3 Å². The number of carbonyl (C=O) groups is 2. The van der Waals surface area contributed by atoms with Crippen LogP contribution in [0.3, 0.4) is 0 Å². The summed E-state index contributed by atoms with van der Waals surface area (Å²) in [6, 6.07) is 14.3. The Morgan fingerprint density at radius 2 is 1.71 bits per heavy atom. The van der Waals surface area contributed by atoms with Crippen molar-refractivity contribution in [3.8, 4) is 5.75 Å². The van der Waals surface area contributed by atoms with Crippen LogP contribution in [0, 0.1) is 0 Å². The molecule has 0 radical (unpaired) electrons. The lowest BCUT2D eigenvalue weighted by atomic mass is 10.1. The van der Waals surface area contributed by atoms with E-state index in [1.54, 1.807) is 36.1 Å². The molecule has 2 aromatic rings. The Morgan fingerprint density at radius 1 is 1.10 bits per heavy atom. The van der Waals surface area contributed by atoms with Crippen LogP contribution < -0.4 is 10.1 Å². The van der Waals surface area contributed by atoms with E-state index in [2.05, 4.69) is 21.2 Å². The highest BCUT2D eigenvalue weighted by molar-refractivity contribution is 9.10. The minimum atomic E-state index is -0.590. The van der Waals surface area contributed by atoms with Crippen LogP contribution in [-0.4, -0.2) is 34.9 Å². The third-order valence-electron chi connectivity index (χ3n) is 4.55. The first-order valence-corrected chi connectivity index (χ1v) is 11.5. The van der Waals surface area contributed by atoms with E-state index in [-0.39, 0.29) is 23.8 Å². The molecule has 0 aliphatic carbocycles. The van der Waals surface area contributed by atoms with E-state index in [4.69, 9.17) is 16.3 Å². The summed E-state index contributed by atoms with van der Waals surface area (Å²) >= 11 is 9.30. The predicted molar refractivity (Wildman–Crippen MR) is 128 cm³/mol. The molecular formula is C24H30BrClN2O3. The van der Waals surface area contributed by atoms with Crippen molar-refractivity contribution in [1.29, 1.82) is 0 Å². The fourth-order valence-electron chi connectivity index (χ4n) is 2.93. The normalized spacial score (nSPS) is 12.2. The molecule has 2 amide bonds. The Balaban J connectivity index is 2.01. The van der Waals surface area contributed by atoms with E-state index in [9.17, 15) is 9.59 Å². The van der Waals surface area contributed by atoms with Gasteiger partial charge in [0.05, 0.1) is 6.61 Å². The van der Waals surface area contributed by atoms with E-state index in [0.29, 0.717) is 30.3 Å². The number of hydrogen-bond acceptors (Lipinski definition) is 3. The minimum absolute atomic E-state index is 0.0841. The van der Waals surface area contributed by atoms with E-state index in [0.717, 1.165) is 10.0 Å². The molecule has 0 aliphatic heterocycles. The zero-order chi connectivity index (χ0) is 23.0. The lowest BCUT2D eigenvalue weighted by Crippen LogP contribution is -2.52. The second-order valence-corrected chi connectivity index (χ2v) is 9.82. The molecule has 7 heteroatoms. The van der Waals surface area contributed by atoms with Crippen LogP contribution in [0.25, 0.3) is 0 Å². The van der Waals surface area contributed by atoms with Crippen LogP contribution in [0.2, 0.25) is 5.02 Å². The summed E-state index contributed by atoms with van der Waals surface area (Å²) in [5.41, 5.74) is 0.591. The monoisotopic (exact) mass is 508 g/mol. The van der Waals surface area contributed by atoms with Gasteiger partial charge in [0.25, 0.3) is 0 Å². The molecule has 0 aromatic heterocycles. The summed E-state index contributed by atoms with van der Waals surface area (Å²) in [5, 5.41) is 3.61. The van der Waals surface area contributed by atoms with Crippen LogP contribution in [0.15, 0.2) is 53.0 Å². The van der Waals surface area contributed by atoms with Crippen LogP contribution in [-0.2, 0) is 16.1 Å². The lowest BCUT2D eigenvalue weighted by molar-refractivity contribution is -0.141. The molecular weight excluding hydrogens is 480 g/mol. The van der Waals surface area contributed by atoms with Gasteiger partial charge in [0, 0.05) is 28.0 Å². The Hall–Kier alpha value is -2.05. The third-order valence-corrected chi connectivity index (χ3v) is 5.33. The molecule has 2 rings (SSSR count). The average molecular weight is 510 g/mol. The van der Waals surface area contributed by atoms with Crippen LogP contribution in [0.5, 0.6) is 5.75 Å². The molecule has 168 valence electrons. The molecule has 0 aliphatic rings. The second kappa shape index (κ2) is 11.5. The molecule has 5 nitrogen and oxygen atoms in total. The molecule has 0 saturated heterocycles. The van der Waals surface area contributed by atoms with Gasteiger partial charge in [0.15, 0.2) is 0 Å². The number of hydrogen-bond donors (Lipinski definition) is 1. The number of nitrogens with zero attached hydrogens (tertiary/aromatic N) is 1. The summed E-state index contributed by atoms with van der Waals surface area (Å²) < 4.78 is 6.65. The first-order chi connectivity index (χ1) is 14.5. The maximum Gasteiger partial charge on any atom is 0.242 e. The maximum atomic E-state index is 13.0. The Labute approximate surface area is 198 Å². The molecule has 0 saturated carbocycles. The highest BCUT2D eigenvalue weighted by atomic mass is 79.9. The van der Waals surface area contributed by atoms with Crippen molar-refractivity contribution in [2.24, 2.45) is 0 Å². The molecule has 0 heterocycles. The minimum Gasteiger partial charge on any atom is -0.494 e. The number of nitrogens with one attached hydrogen (secondary N) is 1. The number of halogens is 2. The smallest absolute Gasteiger partial charge is 0.242 e. The van der Waals surface area contributed by atoms with Crippen molar-refractivity contribution in [3.63, 3.8) is 0 Å². The summed E-state index contributed by atoms with van der Waals surface area (Å²) in [6.45, 7) is 8.30. The van der Waals surface area contributed by atoms with Gasteiger partial charge >= 0.3 is 0 Å². The highest BCUT2D eigenvalue weighted by Crippen LogP contribution is 2.18. The predicted octanol–water partition coefficient (Wildman–Crippen LogP) is 5.59. The number of benzene rings is 2. The Kier molecular flexibility index (Phi) is 9.38.